The van der Waals surface area contributed by atoms with Gasteiger partial charge in [-0.15, -0.1) is 0 Å². The maximum atomic E-state index is 13.4. The van der Waals surface area contributed by atoms with E-state index < -0.39 is 45.7 Å². The second-order valence-electron chi connectivity index (χ2n) is 3.28. The van der Waals surface area contributed by atoms with Crippen LogP contribution in [0.3, 0.4) is 0 Å². The van der Waals surface area contributed by atoms with Crippen molar-refractivity contribution in [1.82, 2.24) is 0 Å². The number of thioether (sulfide) groups is 1. The smallest absolute Gasteiger partial charge is 0.462 e. The van der Waals surface area contributed by atoms with Crippen molar-refractivity contribution in [1.29, 1.82) is 0 Å². The maximum Gasteiger partial charge on any atom is 0.462 e. The fourth-order valence-electron chi connectivity index (χ4n) is 0.679. The van der Waals surface area contributed by atoms with E-state index in [0.717, 1.165) is 0 Å². The summed E-state index contributed by atoms with van der Waals surface area (Å²) in [6.45, 7) is 0. The third-order valence-electron chi connectivity index (χ3n) is 1.70. The molecule has 1 unspecified atom stereocenters. The monoisotopic (exact) mass is 392 g/mol. The highest BCUT2D eigenvalue weighted by Gasteiger charge is 2.78. The summed E-state index contributed by atoms with van der Waals surface area (Å²) in [7, 11) is 0.564. The van der Waals surface area contributed by atoms with Crippen molar-refractivity contribution >= 4 is 28.4 Å². The standard InChI is InChI=1S/C7H3F11O2S2/c1-19-2(21)22-7(18,5(13,14)15)20-6(16,17)3(8,9)4(10,11)12/h1H3. The Morgan fingerprint density at radius 3 is 1.50 bits per heavy atom. The Kier molecular flexibility index (Phi) is 5.99. The van der Waals surface area contributed by atoms with E-state index in [1.807, 2.05) is 0 Å². The van der Waals surface area contributed by atoms with Gasteiger partial charge in [0, 0.05) is 11.8 Å². The van der Waals surface area contributed by atoms with Crippen LogP contribution < -0.4 is 0 Å². The largest absolute Gasteiger partial charge is 0.482 e. The van der Waals surface area contributed by atoms with Gasteiger partial charge in [0.15, 0.2) is 0 Å². The van der Waals surface area contributed by atoms with E-state index in [-0.39, 0.29) is 0 Å². The quantitative estimate of drug-likeness (QED) is 0.394. The van der Waals surface area contributed by atoms with Crippen LogP contribution in [0.2, 0.25) is 0 Å². The molecule has 0 saturated heterocycles. The van der Waals surface area contributed by atoms with Crippen LogP contribution in [0.25, 0.3) is 0 Å². The molecule has 0 heterocycles. The van der Waals surface area contributed by atoms with E-state index in [9.17, 15) is 48.3 Å². The molecule has 0 aromatic rings. The molecule has 132 valence electrons. The lowest BCUT2D eigenvalue weighted by atomic mass is 10.3. The summed E-state index contributed by atoms with van der Waals surface area (Å²) in [4.78, 5) is 0. The number of hydrogen-bond donors (Lipinski definition) is 0. The molecule has 0 aromatic heterocycles. The van der Waals surface area contributed by atoms with Gasteiger partial charge in [-0.1, -0.05) is 0 Å². The Labute approximate surface area is 123 Å². The predicted molar refractivity (Wildman–Crippen MR) is 54.1 cm³/mol. The molecule has 0 aliphatic rings. The summed E-state index contributed by atoms with van der Waals surface area (Å²) in [5.41, 5.74) is 0. The van der Waals surface area contributed by atoms with E-state index in [2.05, 4.69) is 21.7 Å². The van der Waals surface area contributed by atoms with Gasteiger partial charge in [0.05, 0.1) is 7.11 Å². The summed E-state index contributed by atoms with van der Waals surface area (Å²) in [5, 5.41) is -5.71. The van der Waals surface area contributed by atoms with Crippen LogP contribution >= 0.6 is 24.0 Å². The Morgan fingerprint density at radius 2 is 1.23 bits per heavy atom. The molecule has 0 aliphatic heterocycles. The van der Waals surface area contributed by atoms with Gasteiger partial charge in [0.25, 0.3) is 0 Å². The lowest BCUT2D eigenvalue weighted by Crippen LogP contribution is -2.58. The van der Waals surface area contributed by atoms with Gasteiger partial charge >= 0.3 is 29.6 Å². The highest BCUT2D eigenvalue weighted by atomic mass is 32.2. The summed E-state index contributed by atoms with van der Waals surface area (Å²) >= 11 is 2.42. The average Bonchev–Trinajstić information content (AvgIpc) is 2.24. The van der Waals surface area contributed by atoms with E-state index in [1.165, 1.54) is 0 Å². The normalized spacial score (nSPS) is 17.1. The first kappa shape index (κ1) is 21.4. The summed E-state index contributed by atoms with van der Waals surface area (Å²) < 4.78 is 141. The zero-order valence-electron chi connectivity index (χ0n) is 9.79. The zero-order chi connectivity index (χ0) is 18.2. The number of ether oxygens (including phenoxy) is 2. The van der Waals surface area contributed by atoms with Gasteiger partial charge < -0.3 is 4.74 Å². The van der Waals surface area contributed by atoms with Crippen LogP contribution in [0.15, 0.2) is 0 Å². The van der Waals surface area contributed by atoms with E-state index in [1.54, 1.807) is 0 Å². The summed E-state index contributed by atoms with van der Waals surface area (Å²) in [6.07, 6.45) is -20.3. The molecule has 0 fully saturated rings. The molecule has 22 heavy (non-hydrogen) atoms. The van der Waals surface area contributed by atoms with Crippen LogP contribution in [0.5, 0.6) is 0 Å². The molecule has 15 heteroatoms. The average molecular weight is 392 g/mol. The molecular formula is C7H3F11O2S2. The Hall–Kier alpha value is -0.570. The number of methoxy groups -OCH3 is 1. The van der Waals surface area contributed by atoms with Crippen LogP contribution in [-0.2, 0) is 9.47 Å². The molecule has 0 aliphatic carbocycles. The van der Waals surface area contributed by atoms with Crippen molar-refractivity contribution in [2.45, 2.75) is 29.6 Å². The van der Waals surface area contributed by atoms with Crippen molar-refractivity contribution in [3.8, 4) is 0 Å². The van der Waals surface area contributed by atoms with E-state index in [0.29, 0.717) is 7.11 Å². The molecule has 0 aromatic carbocycles. The van der Waals surface area contributed by atoms with Crippen molar-refractivity contribution in [3.05, 3.63) is 0 Å². The molecular weight excluding hydrogens is 389 g/mol. The molecule has 0 saturated carbocycles. The van der Waals surface area contributed by atoms with Crippen molar-refractivity contribution in [2.24, 2.45) is 0 Å². The van der Waals surface area contributed by atoms with Gasteiger partial charge in [-0.2, -0.15) is 48.3 Å². The minimum Gasteiger partial charge on any atom is -0.482 e. The molecule has 0 radical (unpaired) electrons. The Balaban J connectivity index is 5.72. The van der Waals surface area contributed by atoms with E-state index in [4.69, 9.17) is 0 Å². The summed E-state index contributed by atoms with van der Waals surface area (Å²) in [6, 6.07) is 0. The SMILES string of the molecule is COC(=S)SC(F)(OC(F)(F)C(F)(F)C(F)(F)F)C(F)(F)F. The van der Waals surface area contributed by atoms with Crippen LogP contribution in [-0.4, -0.2) is 41.1 Å². The second kappa shape index (κ2) is 6.14. The van der Waals surface area contributed by atoms with Crippen molar-refractivity contribution < 1.29 is 57.8 Å². The minimum atomic E-state index is -7.10. The molecule has 0 bridgehead atoms. The van der Waals surface area contributed by atoms with Crippen LogP contribution in [0.4, 0.5) is 48.3 Å². The molecule has 0 rings (SSSR count). The van der Waals surface area contributed by atoms with Gasteiger partial charge in [-0.3, -0.25) is 4.74 Å². The van der Waals surface area contributed by atoms with Crippen molar-refractivity contribution in [3.63, 3.8) is 0 Å². The first-order chi connectivity index (χ1) is 9.41. The first-order valence-corrected chi connectivity index (χ1v) is 5.69. The molecule has 0 amide bonds. The molecule has 0 N–H and O–H groups in total. The Morgan fingerprint density at radius 1 is 0.818 bits per heavy atom. The first-order valence-electron chi connectivity index (χ1n) is 4.46. The van der Waals surface area contributed by atoms with Crippen LogP contribution in [0.1, 0.15) is 0 Å². The predicted octanol–water partition coefficient (Wildman–Crippen LogP) is 4.64. The second-order valence-corrected chi connectivity index (χ2v) is 5.01. The van der Waals surface area contributed by atoms with Crippen molar-refractivity contribution in [2.75, 3.05) is 7.11 Å². The van der Waals surface area contributed by atoms with Gasteiger partial charge in [0.1, 0.15) is 0 Å². The van der Waals surface area contributed by atoms with Crippen LogP contribution in [0, 0.1) is 0 Å². The highest BCUT2D eigenvalue weighted by Crippen LogP contribution is 2.54. The third kappa shape index (κ3) is 4.24. The maximum absolute atomic E-state index is 13.4. The molecule has 0 spiro atoms. The minimum absolute atomic E-state index is 0.564. The van der Waals surface area contributed by atoms with E-state index >= 15 is 0 Å². The lowest BCUT2D eigenvalue weighted by molar-refractivity contribution is -0.464. The number of halogens is 11. The number of hydrogen-bond acceptors (Lipinski definition) is 4. The fraction of sp³-hybridized carbons (Fsp3) is 0.857. The molecule has 1 atom stereocenters. The lowest BCUT2D eigenvalue weighted by Gasteiger charge is -2.34. The number of thiocarbonyl (C=S) groups is 1. The van der Waals surface area contributed by atoms with Gasteiger partial charge in [-0.25, -0.2) is 0 Å². The third-order valence-corrected chi connectivity index (χ3v) is 3.03. The summed E-state index contributed by atoms with van der Waals surface area (Å²) in [5.74, 6) is -7.10. The number of rotatable bonds is 4. The van der Waals surface area contributed by atoms with Gasteiger partial charge in [0.2, 0.25) is 4.38 Å². The molecule has 2 nitrogen and oxygen atoms in total. The Bertz CT molecular complexity index is 418. The fourth-order valence-corrected chi connectivity index (χ4v) is 1.56. The topological polar surface area (TPSA) is 18.5 Å². The number of alkyl halides is 11. The van der Waals surface area contributed by atoms with Gasteiger partial charge in [-0.05, 0) is 12.2 Å². The zero-order valence-corrected chi connectivity index (χ0v) is 11.4. The highest BCUT2D eigenvalue weighted by molar-refractivity contribution is 8.23.